The van der Waals surface area contributed by atoms with E-state index < -0.39 is 0 Å². The highest BCUT2D eigenvalue weighted by molar-refractivity contribution is 6.30. The zero-order valence-electron chi connectivity index (χ0n) is 13.6. The number of halogens is 1. The number of fused-ring (bicyclic) bond motifs is 1. The number of carbonyl (C=O) groups is 1. The zero-order valence-corrected chi connectivity index (χ0v) is 14.4. The van der Waals surface area contributed by atoms with E-state index >= 15 is 0 Å². The Morgan fingerprint density at radius 3 is 2.64 bits per heavy atom. The Morgan fingerprint density at radius 1 is 1.20 bits per heavy atom. The molecule has 0 fully saturated rings. The summed E-state index contributed by atoms with van der Waals surface area (Å²) in [5, 5.41) is 11.8. The standard InChI is InChI=1S/C18H17ClN4O2/c1-2-15(12-7-9-13(19)10-8-12)20-17(24)11-23-18(25)14-5-3-4-6-16(14)21-22-23/h3-10,15H,2,11H2,1H3,(H,20,24). The fourth-order valence-corrected chi connectivity index (χ4v) is 2.75. The molecule has 0 aliphatic rings. The summed E-state index contributed by atoms with van der Waals surface area (Å²) in [6.07, 6.45) is 0.714. The molecule has 1 unspecified atom stereocenters. The molecule has 0 radical (unpaired) electrons. The van der Waals surface area contributed by atoms with E-state index in [9.17, 15) is 9.59 Å². The van der Waals surface area contributed by atoms with Crippen LogP contribution in [0.5, 0.6) is 0 Å². The van der Waals surface area contributed by atoms with Gasteiger partial charge in [0.2, 0.25) is 5.91 Å². The number of aromatic nitrogens is 3. The van der Waals surface area contributed by atoms with Crippen LogP contribution in [-0.2, 0) is 11.3 Å². The molecule has 3 aromatic rings. The minimum atomic E-state index is -0.333. The maximum atomic E-state index is 12.4. The van der Waals surface area contributed by atoms with E-state index in [2.05, 4.69) is 15.6 Å². The molecule has 0 spiro atoms. The second-order valence-corrected chi connectivity index (χ2v) is 6.09. The molecular weight excluding hydrogens is 340 g/mol. The van der Waals surface area contributed by atoms with Crippen LogP contribution in [0.4, 0.5) is 0 Å². The van der Waals surface area contributed by atoms with E-state index in [1.165, 1.54) is 0 Å². The summed E-state index contributed by atoms with van der Waals surface area (Å²) in [4.78, 5) is 24.7. The third-order valence-corrected chi connectivity index (χ3v) is 4.19. The fourth-order valence-electron chi connectivity index (χ4n) is 2.62. The first-order valence-electron chi connectivity index (χ1n) is 7.96. The average Bonchev–Trinajstić information content (AvgIpc) is 2.63. The van der Waals surface area contributed by atoms with E-state index in [1.54, 1.807) is 36.4 Å². The van der Waals surface area contributed by atoms with Crippen LogP contribution < -0.4 is 10.9 Å². The van der Waals surface area contributed by atoms with Crippen molar-refractivity contribution in [3.05, 3.63) is 69.5 Å². The molecule has 2 aromatic carbocycles. The van der Waals surface area contributed by atoms with Gasteiger partial charge in [-0.05, 0) is 36.2 Å². The van der Waals surface area contributed by atoms with Gasteiger partial charge in [0.15, 0.2) is 0 Å². The normalized spacial score (nSPS) is 12.1. The molecule has 1 aromatic heterocycles. The van der Waals surface area contributed by atoms with Crippen molar-refractivity contribution in [2.24, 2.45) is 0 Å². The number of amides is 1. The third-order valence-electron chi connectivity index (χ3n) is 3.94. The first-order valence-corrected chi connectivity index (χ1v) is 8.33. The number of hydrogen-bond donors (Lipinski definition) is 1. The minimum absolute atomic E-state index is 0.158. The van der Waals surface area contributed by atoms with Gasteiger partial charge in [-0.3, -0.25) is 9.59 Å². The molecule has 0 saturated heterocycles. The summed E-state index contributed by atoms with van der Waals surface area (Å²) >= 11 is 5.90. The Kier molecular flexibility index (Phi) is 5.09. The number of rotatable bonds is 5. The lowest BCUT2D eigenvalue weighted by Gasteiger charge is -2.17. The highest BCUT2D eigenvalue weighted by Gasteiger charge is 2.15. The van der Waals surface area contributed by atoms with Gasteiger partial charge in [0.1, 0.15) is 12.1 Å². The predicted octanol–water partition coefficient (Wildman–Crippen LogP) is 2.71. The fraction of sp³-hybridized carbons (Fsp3) is 0.222. The van der Waals surface area contributed by atoms with Gasteiger partial charge in [-0.1, -0.05) is 48.0 Å². The Bertz CT molecular complexity index is 953. The second kappa shape index (κ2) is 7.44. The monoisotopic (exact) mass is 356 g/mol. The Morgan fingerprint density at radius 2 is 1.92 bits per heavy atom. The molecule has 1 heterocycles. The van der Waals surface area contributed by atoms with Crippen molar-refractivity contribution in [1.82, 2.24) is 20.3 Å². The molecule has 25 heavy (non-hydrogen) atoms. The van der Waals surface area contributed by atoms with Crippen LogP contribution in [0.15, 0.2) is 53.3 Å². The summed E-state index contributed by atoms with van der Waals surface area (Å²) in [5.74, 6) is -0.298. The number of nitrogens with zero attached hydrogens (tertiary/aromatic N) is 3. The van der Waals surface area contributed by atoms with Crippen molar-refractivity contribution >= 4 is 28.4 Å². The van der Waals surface area contributed by atoms with Crippen LogP contribution in [0.3, 0.4) is 0 Å². The van der Waals surface area contributed by atoms with Crippen LogP contribution in [0.25, 0.3) is 10.9 Å². The van der Waals surface area contributed by atoms with Crippen molar-refractivity contribution in [2.75, 3.05) is 0 Å². The van der Waals surface area contributed by atoms with E-state index in [4.69, 9.17) is 11.6 Å². The summed E-state index contributed by atoms with van der Waals surface area (Å²) in [6.45, 7) is 1.79. The number of hydrogen-bond acceptors (Lipinski definition) is 4. The van der Waals surface area contributed by atoms with Gasteiger partial charge in [0.25, 0.3) is 5.56 Å². The Hall–Kier alpha value is -2.73. The second-order valence-electron chi connectivity index (χ2n) is 5.65. The van der Waals surface area contributed by atoms with E-state index in [1.807, 2.05) is 19.1 Å². The highest BCUT2D eigenvalue weighted by atomic mass is 35.5. The Balaban J connectivity index is 1.76. The molecule has 1 N–H and O–H groups in total. The first-order chi connectivity index (χ1) is 12.1. The lowest BCUT2D eigenvalue weighted by Crippen LogP contribution is -2.36. The zero-order chi connectivity index (χ0) is 17.8. The molecular formula is C18H17ClN4O2. The lowest BCUT2D eigenvalue weighted by atomic mass is 10.0. The molecule has 0 aliphatic carbocycles. The van der Waals surface area contributed by atoms with Crippen LogP contribution in [-0.4, -0.2) is 20.9 Å². The van der Waals surface area contributed by atoms with Crippen molar-refractivity contribution in [3.8, 4) is 0 Å². The largest absolute Gasteiger partial charge is 0.348 e. The molecule has 0 bridgehead atoms. The topological polar surface area (TPSA) is 76.9 Å². The van der Waals surface area contributed by atoms with Gasteiger partial charge < -0.3 is 5.32 Å². The quantitative estimate of drug-likeness (QED) is 0.762. The summed E-state index contributed by atoms with van der Waals surface area (Å²) in [6, 6.07) is 14.1. The average molecular weight is 357 g/mol. The van der Waals surface area contributed by atoms with Gasteiger partial charge in [-0.2, -0.15) is 0 Å². The van der Waals surface area contributed by atoms with Crippen LogP contribution in [0.1, 0.15) is 24.9 Å². The van der Waals surface area contributed by atoms with Gasteiger partial charge in [0.05, 0.1) is 11.4 Å². The minimum Gasteiger partial charge on any atom is -0.348 e. The van der Waals surface area contributed by atoms with E-state index in [-0.39, 0.29) is 24.1 Å². The summed E-state index contributed by atoms with van der Waals surface area (Å²) in [5.41, 5.74) is 1.13. The van der Waals surface area contributed by atoms with E-state index in [0.717, 1.165) is 10.2 Å². The SMILES string of the molecule is CCC(NC(=O)Cn1nnc2ccccc2c1=O)c1ccc(Cl)cc1. The molecule has 3 rings (SSSR count). The summed E-state index contributed by atoms with van der Waals surface area (Å²) < 4.78 is 1.08. The number of benzene rings is 2. The van der Waals surface area contributed by atoms with Crippen molar-refractivity contribution in [1.29, 1.82) is 0 Å². The van der Waals surface area contributed by atoms with Gasteiger partial charge >= 0.3 is 0 Å². The van der Waals surface area contributed by atoms with Crippen molar-refractivity contribution in [2.45, 2.75) is 25.9 Å². The van der Waals surface area contributed by atoms with Crippen molar-refractivity contribution in [3.63, 3.8) is 0 Å². The highest BCUT2D eigenvalue weighted by Crippen LogP contribution is 2.19. The molecule has 0 saturated carbocycles. The van der Waals surface area contributed by atoms with Gasteiger partial charge in [-0.25, -0.2) is 4.68 Å². The van der Waals surface area contributed by atoms with Crippen molar-refractivity contribution < 1.29 is 4.79 Å². The number of nitrogens with one attached hydrogen (secondary N) is 1. The molecule has 7 heteroatoms. The smallest absolute Gasteiger partial charge is 0.278 e. The molecule has 0 aliphatic heterocycles. The summed E-state index contributed by atoms with van der Waals surface area (Å²) in [7, 11) is 0. The maximum absolute atomic E-state index is 12.4. The van der Waals surface area contributed by atoms with Crippen LogP contribution >= 0.6 is 11.6 Å². The lowest BCUT2D eigenvalue weighted by molar-refractivity contribution is -0.122. The number of carbonyl (C=O) groups excluding carboxylic acids is 1. The van der Waals surface area contributed by atoms with Gasteiger partial charge in [0, 0.05) is 5.02 Å². The van der Waals surface area contributed by atoms with Crippen LogP contribution in [0, 0.1) is 0 Å². The van der Waals surface area contributed by atoms with Gasteiger partial charge in [-0.15, -0.1) is 5.10 Å². The Labute approximate surface area is 149 Å². The molecule has 128 valence electrons. The van der Waals surface area contributed by atoms with E-state index in [0.29, 0.717) is 22.3 Å². The molecule has 6 nitrogen and oxygen atoms in total. The third kappa shape index (κ3) is 3.85. The first kappa shape index (κ1) is 17.1. The van der Waals surface area contributed by atoms with Crippen LogP contribution in [0.2, 0.25) is 5.02 Å². The maximum Gasteiger partial charge on any atom is 0.278 e. The predicted molar refractivity (Wildman–Crippen MR) is 96.4 cm³/mol. The molecule has 1 atom stereocenters. The molecule has 1 amide bonds.